The minimum atomic E-state index is 0.0179. The van der Waals surface area contributed by atoms with Crippen molar-refractivity contribution in [3.63, 3.8) is 0 Å². The molecule has 82 valence electrons. The first-order valence-electron chi connectivity index (χ1n) is 5.70. The predicted molar refractivity (Wildman–Crippen MR) is 54.7 cm³/mol. The second-order valence-corrected chi connectivity index (χ2v) is 4.19. The van der Waals surface area contributed by atoms with Crippen molar-refractivity contribution < 1.29 is 9.47 Å². The number of nitrogens with one attached hydrogen (secondary N) is 1. The molecule has 1 aromatic rings. The number of aryl methyl sites for hydroxylation is 2. The minimum absolute atomic E-state index is 0.0179. The van der Waals surface area contributed by atoms with Crippen molar-refractivity contribution in [3.8, 4) is 0 Å². The standard InChI is InChI=1S/C11H16N2O2/c1-2-4-9-8(3-1)12-11(13-9)10-7-14-5-6-15-10/h10H,1-7H2,(H,12,13). The Morgan fingerprint density at radius 3 is 2.93 bits per heavy atom. The molecule has 0 radical (unpaired) electrons. The van der Waals surface area contributed by atoms with Gasteiger partial charge in [-0.05, 0) is 25.7 Å². The summed E-state index contributed by atoms with van der Waals surface area (Å²) in [7, 11) is 0. The Morgan fingerprint density at radius 2 is 2.13 bits per heavy atom. The normalized spacial score (nSPS) is 26.3. The van der Waals surface area contributed by atoms with E-state index >= 15 is 0 Å². The molecule has 1 fully saturated rings. The average Bonchev–Trinajstić information content (AvgIpc) is 2.74. The van der Waals surface area contributed by atoms with E-state index in [4.69, 9.17) is 9.47 Å². The highest BCUT2D eigenvalue weighted by Crippen LogP contribution is 2.24. The van der Waals surface area contributed by atoms with E-state index in [0.29, 0.717) is 19.8 Å². The van der Waals surface area contributed by atoms with E-state index in [2.05, 4.69) is 9.97 Å². The number of H-pyrrole nitrogens is 1. The first-order chi connectivity index (χ1) is 7.43. The molecule has 15 heavy (non-hydrogen) atoms. The molecule has 1 aliphatic carbocycles. The molecule has 1 aliphatic heterocycles. The van der Waals surface area contributed by atoms with E-state index in [9.17, 15) is 0 Å². The van der Waals surface area contributed by atoms with Crippen molar-refractivity contribution in [2.45, 2.75) is 31.8 Å². The summed E-state index contributed by atoms with van der Waals surface area (Å²) in [6.07, 6.45) is 4.80. The SMILES string of the molecule is C1CCc2[nH]c(C3COCCO3)nc2C1. The zero-order valence-corrected chi connectivity index (χ0v) is 8.79. The van der Waals surface area contributed by atoms with Crippen LogP contribution in [0.3, 0.4) is 0 Å². The maximum atomic E-state index is 5.62. The summed E-state index contributed by atoms with van der Waals surface area (Å²) in [5.74, 6) is 0.960. The van der Waals surface area contributed by atoms with Crippen LogP contribution in [0.5, 0.6) is 0 Å². The van der Waals surface area contributed by atoms with E-state index in [1.165, 1.54) is 24.2 Å². The van der Waals surface area contributed by atoms with Crippen molar-refractivity contribution in [1.29, 1.82) is 0 Å². The topological polar surface area (TPSA) is 47.1 Å². The zero-order chi connectivity index (χ0) is 10.1. The van der Waals surface area contributed by atoms with Crippen LogP contribution in [0.15, 0.2) is 0 Å². The van der Waals surface area contributed by atoms with Gasteiger partial charge in [-0.1, -0.05) is 0 Å². The quantitative estimate of drug-likeness (QED) is 0.758. The Balaban J connectivity index is 1.82. The summed E-state index contributed by atoms with van der Waals surface area (Å²) < 4.78 is 11.0. The van der Waals surface area contributed by atoms with Gasteiger partial charge in [-0.3, -0.25) is 0 Å². The van der Waals surface area contributed by atoms with E-state index < -0.39 is 0 Å². The van der Waals surface area contributed by atoms with Gasteiger partial charge in [-0.2, -0.15) is 0 Å². The van der Waals surface area contributed by atoms with E-state index in [1.54, 1.807) is 0 Å². The fourth-order valence-electron chi connectivity index (χ4n) is 2.27. The Kier molecular flexibility index (Phi) is 2.46. The van der Waals surface area contributed by atoms with E-state index in [1.807, 2.05) is 0 Å². The van der Waals surface area contributed by atoms with Gasteiger partial charge in [0.1, 0.15) is 11.9 Å². The van der Waals surface area contributed by atoms with Gasteiger partial charge in [0.15, 0.2) is 0 Å². The Labute approximate surface area is 89.0 Å². The fraction of sp³-hybridized carbons (Fsp3) is 0.727. The average molecular weight is 208 g/mol. The highest BCUT2D eigenvalue weighted by Gasteiger charge is 2.22. The van der Waals surface area contributed by atoms with Crippen LogP contribution >= 0.6 is 0 Å². The van der Waals surface area contributed by atoms with Crippen LogP contribution in [0.1, 0.15) is 36.2 Å². The van der Waals surface area contributed by atoms with Crippen molar-refractivity contribution in [2.24, 2.45) is 0 Å². The number of hydrogen-bond donors (Lipinski definition) is 1. The van der Waals surface area contributed by atoms with Crippen LogP contribution in [-0.2, 0) is 22.3 Å². The van der Waals surface area contributed by atoms with Gasteiger partial charge in [-0.25, -0.2) is 4.98 Å². The first-order valence-corrected chi connectivity index (χ1v) is 5.70. The van der Waals surface area contributed by atoms with Gasteiger partial charge < -0.3 is 14.5 Å². The number of aromatic nitrogens is 2. The Hall–Kier alpha value is -0.870. The molecule has 1 atom stereocenters. The maximum absolute atomic E-state index is 5.62. The molecule has 1 aromatic heterocycles. The number of aromatic amines is 1. The van der Waals surface area contributed by atoms with Crippen molar-refractivity contribution in [2.75, 3.05) is 19.8 Å². The summed E-state index contributed by atoms with van der Waals surface area (Å²) in [6.45, 7) is 2.01. The fourth-order valence-corrected chi connectivity index (χ4v) is 2.27. The molecular weight excluding hydrogens is 192 g/mol. The number of ether oxygens (including phenoxy) is 2. The molecule has 3 rings (SSSR count). The van der Waals surface area contributed by atoms with Crippen LogP contribution in [0.25, 0.3) is 0 Å². The van der Waals surface area contributed by atoms with Crippen molar-refractivity contribution in [1.82, 2.24) is 9.97 Å². The third-order valence-corrected chi connectivity index (χ3v) is 3.09. The lowest BCUT2D eigenvalue weighted by Gasteiger charge is -2.20. The van der Waals surface area contributed by atoms with Gasteiger partial charge in [-0.15, -0.1) is 0 Å². The molecule has 1 saturated heterocycles. The molecule has 2 heterocycles. The van der Waals surface area contributed by atoms with Gasteiger partial charge in [0.25, 0.3) is 0 Å². The molecular formula is C11H16N2O2. The number of nitrogens with zero attached hydrogens (tertiary/aromatic N) is 1. The predicted octanol–water partition coefficient (Wildman–Crippen LogP) is 1.38. The largest absolute Gasteiger partial charge is 0.376 e. The van der Waals surface area contributed by atoms with Crippen LogP contribution in [0, 0.1) is 0 Å². The smallest absolute Gasteiger partial charge is 0.138 e. The summed E-state index contributed by atoms with van der Waals surface area (Å²) >= 11 is 0. The lowest BCUT2D eigenvalue weighted by molar-refractivity contribution is -0.0932. The second kappa shape index (κ2) is 3.94. The van der Waals surface area contributed by atoms with Gasteiger partial charge >= 0.3 is 0 Å². The van der Waals surface area contributed by atoms with Crippen molar-refractivity contribution >= 4 is 0 Å². The summed E-state index contributed by atoms with van der Waals surface area (Å²) in [5, 5.41) is 0. The summed E-state index contributed by atoms with van der Waals surface area (Å²) in [5.41, 5.74) is 2.55. The highest BCUT2D eigenvalue weighted by molar-refractivity contribution is 5.18. The molecule has 0 spiro atoms. The molecule has 1 N–H and O–H groups in total. The maximum Gasteiger partial charge on any atom is 0.138 e. The second-order valence-electron chi connectivity index (χ2n) is 4.19. The molecule has 1 unspecified atom stereocenters. The van der Waals surface area contributed by atoms with E-state index in [0.717, 1.165) is 18.7 Å². The number of imidazole rings is 1. The van der Waals surface area contributed by atoms with Gasteiger partial charge in [0, 0.05) is 5.69 Å². The molecule has 4 nitrogen and oxygen atoms in total. The molecule has 0 saturated carbocycles. The minimum Gasteiger partial charge on any atom is -0.376 e. The number of hydrogen-bond acceptors (Lipinski definition) is 3. The van der Waals surface area contributed by atoms with E-state index in [-0.39, 0.29) is 6.10 Å². The van der Waals surface area contributed by atoms with Crippen LogP contribution in [-0.4, -0.2) is 29.8 Å². The lowest BCUT2D eigenvalue weighted by atomic mass is 10.0. The molecule has 2 aliphatic rings. The van der Waals surface area contributed by atoms with Gasteiger partial charge in [0.2, 0.25) is 0 Å². The molecule has 0 aromatic carbocycles. The summed E-state index contributed by atoms with van der Waals surface area (Å²) in [4.78, 5) is 8.00. The first kappa shape index (κ1) is 9.36. The van der Waals surface area contributed by atoms with Crippen LogP contribution in [0.2, 0.25) is 0 Å². The molecule has 4 heteroatoms. The van der Waals surface area contributed by atoms with Crippen LogP contribution < -0.4 is 0 Å². The van der Waals surface area contributed by atoms with Crippen molar-refractivity contribution in [3.05, 3.63) is 17.2 Å². The third kappa shape index (κ3) is 1.79. The lowest BCUT2D eigenvalue weighted by Crippen LogP contribution is -2.22. The number of rotatable bonds is 1. The summed E-state index contributed by atoms with van der Waals surface area (Å²) in [6, 6.07) is 0. The highest BCUT2D eigenvalue weighted by atomic mass is 16.6. The zero-order valence-electron chi connectivity index (χ0n) is 8.79. The monoisotopic (exact) mass is 208 g/mol. The molecule has 0 bridgehead atoms. The Morgan fingerprint density at radius 1 is 1.20 bits per heavy atom. The van der Waals surface area contributed by atoms with Crippen LogP contribution in [0.4, 0.5) is 0 Å². The number of fused-ring (bicyclic) bond motifs is 1. The van der Waals surface area contributed by atoms with Gasteiger partial charge in [0.05, 0.1) is 25.5 Å². The Bertz CT molecular complexity index is 319. The molecule has 0 amide bonds. The third-order valence-electron chi connectivity index (χ3n) is 3.09.